The minimum Gasteiger partial charge on any atom is -0.334 e. The van der Waals surface area contributed by atoms with Crippen LogP contribution < -0.4 is 0 Å². The van der Waals surface area contributed by atoms with Crippen LogP contribution in [0, 0.1) is 5.92 Å². The molecule has 2 aliphatic rings. The first-order valence-corrected chi connectivity index (χ1v) is 14.0. The van der Waals surface area contributed by atoms with Crippen LogP contribution in [0.25, 0.3) is 0 Å². The Labute approximate surface area is 227 Å². The molecule has 0 N–H and O–H groups in total. The lowest BCUT2D eigenvalue weighted by atomic mass is 9.88. The SMILES string of the molecule is C=CC=N/C=C/C(C/C=C\C)N(/C(C=C)=C/C=C\C)C(=C/CC)/C(/C=C\C)=C1\CC2=C(CCCC2)C1C. The summed E-state index contributed by atoms with van der Waals surface area (Å²) in [6.45, 7) is 18.9. The van der Waals surface area contributed by atoms with E-state index in [1.807, 2.05) is 12.3 Å². The summed E-state index contributed by atoms with van der Waals surface area (Å²) >= 11 is 0. The second-order valence-electron chi connectivity index (χ2n) is 9.61. The lowest BCUT2D eigenvalue weighted by Gasteiger charge is -2.36. The van der Waals surface area contributed by atoms with Gasteiger partial charge in [0.2, 0.25) is 0 Å². The van der Waals surface area contributed by atoms with Gasteiger partial charge >= 0.3 is 0 Å². The zero-order chi connectivity index (χ0) is 27.0. The van der Waals surface area contributed by atoms with E-state index < -0.39 is 0 Å². The molecule has 0 aromatic rings. The number of allylic oxidation sites excluding steroid dienone is 12. The highest BCUT2D eigenvalue weighted by Gasteiger charge is 2.32. The van der Waals surface area contributed by atoms with Crippen LogP contribution in [0.1, 0.15) is 79.6 Å². The summed E-state index contributed by atoms with van der Waals surface area (Å²) in [6.07, 6.45) is 35.2. The minimum absolute atomic E-state index is 0.0746. The normalized spacial score (nSPS) is 21.7. The van der Waals surface area contributed by atoms with Gasteiger partial charge in [-0.2, -0.15) is 0 Å². The van der Waals surface area contributed by atoms with Crippen LogP contribution in [-0.2, 0) is 0 Å². The van der Waals surface area contributed by atoms with E-state index in [1.165, 1.54) is 37.0 Å². The van der Waals surface area contributed by atoms with Crippen LogP contribution in [-0.4, -0.2) is 17.2 Å². The first kappa shape index (κ1) is 30.1. The van der Waals surface area contributed by atoms with Gasteiger partial charge in [-0.05, 0) is 101 Å². The van der Waals surface area contributed by atoms with E-state index in [0.717, 1.165) is 25.0 Å². The average molecular weight is 497 g/mol. The molecule has 2 rings (SSSR count). The molecule has 0 spiro atoms. The first-order valence-electron chi connectivity index (χ1n) is 14.0. The summed E-state index contributed by atoms with van der Waals surface area (Å²) in [7, 11) is 0. The number of hydrogen-bond acceptors (Lipinski definition) is 2. The third kappa shape index (κ3) is 8.18. The predicted molar refractivity (Wildman–Crippen MR) is 165 cm³/mol. The van der Waals surface area contributed by atoms with E-state index in [-0.39, 0.29) is 6.04 Å². The van der Waals surface area contributed by atoms with Crippen molar-refractivity contribution < 1.29 is 0 Å². The molecule has 2 heteroatoms. The predicted octanol–water partition coefficient (Wildman–Crippen LogP) is 10.1. The van der Waals surface area contributed by atoms with Gasteiger partial charge in [-0.3, -0.25) is 4.99 Å². The highest BCUT2D eigenvalue weighted by Crippen LogP contribution is 2.47. The van der Waals surface area contributed by atoms with Gasteiger partial charge in [0.1, 0.15) is 0 Å². The maximum absolute atomic E-state index is 4.41. The zero-order valence-corrected chi connectivity index (χ0v) is 23.9. The Bertz CT molecular complexity index is 1050. The van der Waals surface area contributed by atoms with Crippen LogP contribution in [0.15, 0.2) is 125 Å². The Hall–Kier alpha value is -3.13. The van der Waals surface area contributed by atoms with Crippen molar-refractivity contribution in [2.45, 2.75) is 85.6 Å². The monoisotopic (exact) mass is 496 g/mol. The fourth-order valence-electron chi connectivity index (χ4n) is 5.45. The fraction of sp³-hybridized carbons (Fsp3) is 0.400. The lowest BCUT2D eigenvalue weighted by Crippen LogP contribution is -2.33. The molecule has 0 heterocycles. The maximum atomic E-state index is 4.41. The molecule has 0 saturated heterocycles. The molecule has 2 atom stereocenters. The van der Waals surface area contributed by atoms with Crippen LogP contribution >= 0.6 is 0 Å². The Balaban J connectivity index is 2.79. The number of nitrogens with zero attached hydrogens (tertiary/aromatic N) is 2. The van der Waals surface area contributed by atoms with Gasteiger partial charge in [0.25, 0.3) is 0 Å². The van der Waals surface area contributed by atoms with E-state index >= 15 is 0 Å². The summed E-state index contributed by atoms with van der Waals surface area (Å²) in [4.78, 5) is 6.87. The van der Waals surface area contributed by atoms with Gasteiger partial charge in [0.05, 0.1) is 6.04 Å². The van der Waals surface area contributed by atoms with Gasteiger partial charge in [-0.1, -0.05) is 86.8 Å². The van der Waals surface area contributed by atoms with Crippen molar-refractivity contribution in [1.29, 1.82) is 0 Å². The molecule has 2 unspecified atom stereocenters. The number of hydrogen-bond donors (Lipinski definition) is 0. The summed E-state index contributed by atoms with van der Waals surface area (Å²) < 4.78 is 0. The van der Waals surface area contributed by atoms with Crippen LogP contribution in [0.5, 0.6) is 0 Å². The standard InChI is InChI=1S/C35H48N2/c1-8-14-21-30(13-6)37(31(22-15-9-2)24-26-36-25-12-5)35(19-11-4)33(18-10-3)34-27-29-20-16-17-23-32(29)28(34)7/h8-10,12-15,18-19,21,24-26,28,31H,5-6,11,16-17,20,22-23,27H2,1-4,7H3/b14-8-,15-9-,18-10-,26-24+,30-21+,34-33+,35-19+,36-25?. The molecule has 0 aromatic carbocycles. The Morgan fingerprint density at radius 1 is 1.11 bits per heavy atom. The van der Waals surface area contributed by atoms with E-state index in [9.17, 15) is 0 Å². The molecule has 0 aliphatic heterocycles. The van der Waals surface area contributed by atoms with Crippen LogP contribution in [0.4, 0.5) is 0 Å². The van der Waals surface area contributed by atoms with E-state index in [4.69, 9.17) is 0 Å². The molecule has 37 heavy (non-hydrogen) atoms. The molecule has 0 aromatic heterocycles. The number of aliphatic imine (C=N–C) groups is 1. The van der Waals surface area contributed by atoms with Crippen molar-refractivity contribution in [3.63, 3.8) is 0 Å². The molecular weight excluding hydrogens is 448 g/mol. The average Bonchev–Trinajstić information content (AvgIpc) is 3.25. The largest absolute Gasteiger partial charge is 0.334 e. The second kappa shape index (κ2) is 16.6. The maximum Gasteiger partial charge on any atom is 0.0574 e. The van der Waals surface area contributed by atoms with Crippen molar-refractivity contribution in [2.75, 3.05) is 0 Å². The molecule has 0 saturated carbocycles. The molecule has 198 valence electrons. The second-order valence-corrected chi connectivity index (χ2v) is 9.61. The highest BCUT2D eigenvalue weighted by atomic mass is 15.2. The zero-order valence-electron chi connectivity index (χ0n) is 23.9. The topological polar surface area (TPSA) is 15.6 Å². The van der Waals surface area contributed by atoms with Gasteiger partial charge < -0.3 is 4.90 Å². The van der Waals surface area contributed by atoms with Crippen LogP contribution in [0.3, 0.4) is 0 Å². The minimum atomic E-state index is 0.0746. The molecular formula is C35H48N2. The number of rotatable bonds is 13. The molecule has 2 nitrogen and oxygen atoms in total. The van der Waals surface area contributed by atoms with Crippen molar-refractivity contribution in [2.24, 2.45) is 10.9 Å². The molecule has 2 aliphatic carbocycles. The lowest BCUT2D eigenvalue weighted by molar-refractivity contribution is 0.378. The summed E-state index contributed by atoms with van der Waals surface area (Å²) in [5, 5.41) is 0. The van der Waals surface area contributed by atoms with Gasteiger partial charge in [0, 0.05) is 23.8 Å². The van der Waals surface area contributed by atoms with Gasteiger partial charge in [-0.25, -0.2) is 0 Å². The van der Waals surface area contributed by atoms with Crippen molar-refractivity contribution >= 4 is 6.21 Å². The quantitative estimate of drug-likeness (QED) is 0.141. The molecule has 0 fully saturated rings. The van der Waals surface area contributed by atoms with Crippen molar-refractivity contribution in [1.82, 2.24) is 4.90 Å². The van der Waals surface area contributed by atoms with Gasteiger partial charge in [-0.15, -0.1) is 0 Å². The van der Waals surface area contributed by atoms with Crippen molar-refractivity contribution in [3.8, 4) is 0 Å². The van der Waals surface area contributed by atoms with Gasteiger partial charge in [0.15, 0.2) is 0 Å². The van der Waals surface area contributed by atoms with Crippen LogP contribution in [0.2, 0.25) is 0 Å². The van der Waals surface area contributed by atoms with E-state index in [0.29, 0.717) is 5.92 Å². The van der Waals surface area contributed by atoms with E-state index in [2.05, 4.69) is 112 Å². The summed E-state index contributed by atoms with van der Waals surface area (Å²) in [5.41, 5.74) is 8.63. The van der Waals surface area contributed by atoms with E-state index in [1.54, 1.807) is 29.0 Å². The molecule has 0 radical (unpaired) electrons. The Morgan fingerprint density at radius 2 is 1.89 bits per heavy atom. The summed E-state index contributed by atoms with van der Waals surface area (Å²) in [6, 6.07) is 0.0746. The third-order valence-corrected chi connectivity index (χ3v) is 7.17. The third-order valence-electron chi connectivity index (χ3n) is 7.17. The first-order chi connectivity index (χ1) is 18.1. The highest BCUT2D eigenvalue weighted by molar-refractivity contribution is 5.70. The Kier molecular flexibility index (Phi) is 13.5. The van der Waals surface area contributed by atoms with Crippen molar-refractivity contribution in [3.05, 3.63) is 120 Å². The smallest absolute Gasteiger partial charge is 0.0574 e. The molecule has 0 amide bonds. The molecule has 0 bridgehead atoms. The summed E-state index contributed by atoms with van der Waals surface area (Å²) in [5.74, 6) is 0.497. The Morgan fingerprint density at radius 3 is 2.51 bits per heavy atom. The fourth-order valence-corrected chi connectivity index (χ4v) is 5.45.